The molecule has 0 saturated heterocycles. The van der Waals surface area contributed by atoms with Crippen LogP contribution in [0.2, 0.25) is 0 Å². The predicted molar refractivity (Wildman–Crippen MR) is 57.8 cm³/mol. The number of benzene rings is 1. The van der Waals surface area contributed by atoms with Crippen LogP contribution in [0.3, 0.4) is 0 Å². The van der Waals surface area contributed by atoms with Gasteiger partial charge in [-0.3, -0.25) is 4.79 Å². The van der Waals surface area contributed by atoms with E-state index < -0.39 is 0 Å². The maximum Gasteiger partial charge on any atom is 0.251 e. The number of hydrogen-bond donors (Lipinski definition) is 1. The Labute approximate surface area is 88.5 Å². The third-order valence-electron chi connectivity index (χ3n) is 1.69. The Bertz CT molecular complexity index is 361. The summed E-state index contributed by atoms with van der Waals surface area (Å²) in [7, 11) is 3.06. The van der Waals surface area contributed by atoms with E-state index >= 15 is 0 Å². The molecule has 0 atom stereocenters. The van der Waals surface area contributed by atoms with Gasteiger partial charge >= 0.3 is 0 Å². The molecule has 0 saturated carbocycles. The molecule has 4 nitrogen and oxygen atoms in total. The van der Waals surface area contributed by atoms with Gasteiger partial charge in [0.25, 0.3) is 5.91 Å². The molecule has 0 unspecified atom stereocenters. The first-order valence-corrected chi connectivity index (χ1v) is 4.40. The van der Waals surface area contributed by atoms with Crippen molar-refractivity contribution in [2.45, 2.75) is 0 Å². The molecule has 0 bridgehead atoms. The molecule has 1 aromatic carbocycles. The van der Waals surface area contributed by atoms with Crippen molar-refractivity contribution in [1.29, 1.82) is 0 Å². The highest BCUT2D eigenvalue weighted by Gasteiger charge is 1.98. The maximum absolute atomic E-state index is 11.3. The summed E-state index contributed by atoms with van der Waals surface area (Å²) in [4.78, 5) is 11.3. The van der Waals surface area contributed by atoms with Crippen LogP contribution in [0.25, 0.3) is 0 Å². The van der Waals surface area contributed by atoms with Crippen molar-refractivity contribution < 1.29 is 14.3 Å². The number of nitrogens with one attached hydrogen (secondary N) is 1. The molecule has 1 amide bonds. The highest BCUT2D eigenvalue weighted by Crippen LogP contribution is 2.16. The number of hydrogen-bond acceptors (Lipinski definition) is 3. The molecule has 0 aromatic heterocycles. The van der Waals surface area contributed by atoms with Gasteiger partial charge in [-0.2, -0.15) is 0 Å². The van der Waals surface area contributed by atoms with Gasteiger partial charge in [-0.25, -0.2) is 0 Å². The van der Waals surface area contributed by atoms with E-state index in [1.54, 1.807) is 31.4 Å². The minimum atomic E-state index is -0.245. The second-order valence-electron chi connectivity index (χ2n) is 2.76. The zero-order valence-electron chi connectivity index (χ0n) is 8.69. The van der Waals surface area contributed by atoms with Crippen LogP contribution in [-0.4, -0.2) is 20.1 Å². The monoisotopic (exact) mass is 207 g/mol. The van der Waals surface area contributed by atoms with Gasteiger partial charge in [-0.1, -0.05) is 6.07 Å². The quantitative estimate of drug-likeness (QED) is 0.605. The van der Waals surface area contributed by atoms with Gasteiger partial charge in [-0.05, 0) is 12.1 Å². The zero-order valence-corrected chi connectivity index (χ0v) is 8.69. The first kappa shape index (κ1) is 11.1. The van der Waals surface area contributed by atoms with Gasteiger partial charge in [0.2, 0.25) is 0 Å². The number of methoxy groups -OCH3 is 2. The minimum absolute atomic E-state index is 0.245. The standard InChI is InChI=1S/C11H13NO3/c1-14-7-6-11(13)12-9-4-3-5-10(8-9)15-2/h3-8H,1-2H3,(H,12,13). The number of carbonyl (C=O) groups is 1. The van der Waals surface area contributed by atoms with Crippen molar-refractivity contribution in [2.24, 2.45) is 0 Å². The van der Waals surface area contributed by atoms with Crippen molar-refractivity contribution in [3.05, 3.63) is 36.6 Å². The fourth-order valence-electron chi connectivity index (χ4n) is 1.01. The summed E-state index contributed by atoms with van der Waals surface area (Å²) >= 11 is 0. The van der Waals surface area contributed by atoms with E-state index in [1.165, 1.54) is 19.4 Å². The van der Waals surface area contributed by atoms with E-state index in [1.807, 2.05) is 0 Å². The van der Waals surface area contributed by atoms with E-state index in [0.717, 1.165) is 0 Å². The lowest BCUT2D eigenvalue weighted by Gasteiger charge is -2.04. The second-order valence-corrected chi connectivity index (χ2v) is 2.76. The van der Waals surface area contributed by atoms with Crippen LogP contribution in [0.1, 0.15) is 0 Å². The molecule has 0 spiro atoms. The van der Waals surface area contributed by atoms with E-state index in [-0.39, 0.29) is 5.91 Å². The minimum Gasteiger partial charge on any atom is -0.504 e. The van der Waals surface area contributed by atoms with Crippen molar-refractivity contribution in [2.75, 3.05) is 19.5 Å². The number of amides is 1. The Morgan fingerprint density at radius 2 is 2.20 bits per heavy atom. The average molecular weight is 207 g/mol. The number of carbonyl (C=O) groups excluding carboxylic acids is 1. The van der Waals surface area contributed by atoms with E-state index in [9.17, 15) is 4.79 Å². The Balaban J connectivity index is 2.64. The molecule has 0 radical (unpaired) electrons. The van der Waals surface area contributed by atoms with Crippen molar-refractivity contribution in [3.63, 3.8) is 0 Å². The molecule has 1 rings (SSSR count). The third-order valence-corrected chi connectivity index (χ3v) is 1.69. The Kier molecular flexibility index (Phi) is 4.22. The lowest BCUT2D eigenvalue weighted by molar-refractivity contribution is -0.112. The molecule has 0 fully saturated rings. The van der Waals surface area contributed by atoms with Crippen LogP contribution in [0.4, 0.5) is 5.69 Å². The van der Waals surface area contributed by atoms with Crippen LogP contribution >= 0.6 is 0 Å². The molecule has 80 valence electrons. The van der Waals surface area contributed by atoms with Crippen molar-refractivity contribution in [3.8, 4) is 5.75 Å². The van der Waals surface area contributed by atoms with E-state index in [2.05, 4.69) is 10.1 Å². The van der Waals surface area contributed by atoms with Gasteiger partial charge in [-0.15, -0.1) is 0 Å². The van der Waals surface area contributed by atoms with E-state index in [0.29, 0.717) is 11.4 Å². The predicted octanol–water partition coefficient (Wildman–Crippen LogP) is 1.79. The number of ether oxygens (including phenoxy) is 2. The molecule has 15 heavy (non-hydrogen) atoms. The van der Waals surface area contributed by atoms with Crippen molar-refractivity contribution in [1.82, 2.24) is 0 Å². The van der Waals surface area contributed by atoms with Gasteiger partial charge in [0, 0.05) is 17.8 Å². The van der Waals surface area contributed by atoms with Crippen LogP contribution in [-0.2, 0) is 9.53 Å². The molecule has 4 heteroatoms. The topological polar surface area (TPSA) is 47.6 Å². The molecule has 1 N–H and O–H groups in total. The third kappa shape index (κ3) is 3.72. The summed E-state index contributed by atoms with van der Waals surface area (Å²) in [5, 5.41) is 2.67. The van der Waals surface area contributed by atoms with Crippen LogP contribution in [0, 0.1) is 0 Å². The number of rotatable bonds is 4. The van der Waals surface area contributed by atoms with Gasteiger partial charge in [0.15, 0.2) is 0 Å². The highest BCUT2D eigenvalue weighted by molar-refractivity contribution is 5.99. The van der Waals surface area contributed by atoms with Gasteiger partial charge in [0.05, 0.1) is 20.5 Å². The summed E-state index contributed by atoms with van der Waals surface area (Å²) < 4.78 is 9.65. The lowest BCUT2D eigenvalue weighted by atomic mass is 10.3. The van der Waals surface area contributed by atoms with E-state index in [4.69, 9.17) is 4.74 Å². The number of anilines is 1. The first-order chi connectivity index (χ1) is 7.26. The maximum atomic E-state index is 11.3. The molecule has 0 aliphatic heterocycles. The molecule has 1 aromatic rings. The Hall–Kier alpha value is -1.97. The largest absolute Gasteiger partial charge is 0.504 e. The molecule has 0 aliphatic carbocycles. The fourth-order valence-corrected chi connectivity index (χ4v) is 1.01. The van der Waals surface area contributed by atoms with Crippen LogP contribution < -0.4 is 10.1 Å². The Morgan fingerprint density at radius 3 is 2.87 bits per heavy atom. The smallest absolute Gasteiger partial charge is 0.251 e. The summed E-state index contributed by atoms with van der Waals surface area (Å²) in [6.45, 7) is 0. The average Bonchev–Trinajstić information content (AvgIpc) is 2.26. The lowest BCUT2D eigenvalue weighted by Crippen LogP contribution is -2.07. The van der Waals surface area contributed by atoms with Gasteiger partial charge in [0.1, 0.15) is 5.75 Å². The second kappa shape index (κ2) is 5.70. The summed E-state index contributed by atoms with van der Waals surface area (Å²) in [5.74, 6) is 0.452. The summed E-state index contributed by atoms with van der Waals surface area (Å²) in [5.41, 5.74) is 0.681. The highest BCUT2D eigenvalue weighted by atomic mass is 16.5. The Morgan fingerprint density at radius 1 is 1.40 bits per heavy atom. The molecular formula is C11H13NO3. The fraction of sp³-hybridized carbons (Fsp3) is 0.182. The zero-order chi connectivity index (χ0) is 11.1. The molecular weight excluding hydrogens is 194 g/mol. The van der Waals surface area contributed by atoms with Gasteiger partial charge < -0.3 is 14.8 Å². The SMILES string of the molecule is COC=CC(=O)Nc1cccc(OC)c1. The van der Waals surface area contributed by atoms with Crippen molar-refractivity contribution >= 4 is 11.6 Å². The normalized spacial score (nSPS) is 10.0. The first-order valence-electron chi connectivity index (χ1n) is 4.40. The molecule has 0 aliphatic rings. The molecule has 0 heterocycles. The van der Waals surface area contributed by atoms with Crippen LogP contribution in [0.15, 0.2) is 36.6 Å². The summed E-state index contributed by atoms with van der Waals surface area (Å²) in [6, 6.07) is 7.12. The van der Waals surface area contributed by atoms with Crippen LogP contribution in [0.5, 0.6) is 5.75 Å². The summed E-state index contributed by atoms with van der Waals surface area (Å²) in [6.07, 6.45) is 2.62.